The van der Waals surface area contributed by atoms with Gasteiger partial charge in [-0.05, 0) is 24.5 Å². The van der Waals surface area contributed by atoms with Crippen LogP contribution in [-0.2, 0) is 20.9 Å². The van der Waals surface area contributed by atoms with Gasteiger partial charge in [0.05, 0.1) is 6.61 Å². The lowest BCUT2D eigenvalue weighted by molar-refractivity contribution is -0.145. The second-order valence-electron chi connectivity index (χ2n) is 5.86. The van der Waals surface area contributed by atoms with Crippen molar-refractivity contribution in [3.05, 3.63) is 71.8 Å². The van der Waals surface area contributed by atoms with E-state index in [1.165, 1.54) is 0 Å². The number of esters is 1. The number of nitrogens with one attached hydrogen (secondary N) is 1. The van der Waals surface area contributed by atoms with Crippen LogP contribution in [0.25, 0.3) is 0 Å². The Labute approximate surface area is 154 Å². The molecule has 0 spiro atoms. The molecule has 2 rings (SSSR count). The molecule has 0 fully saturated rings. The number of rotatable bonds is 8. The lowest BCUT2D eigenvalue weighted by atomic mass is 9.90. The Bertz CT molecular complexity index is 688. The van der Waals surface area contributed by atoms with Gasteiger partial charge in [0.15, 0.2) is 0 Å². The van der Waals surface area contributed by atoms with Crippen LogP contribution in [0.1, 0.15) is 37.3 Å². The van der Waals surface area contributed by atoms with Crippen LogP contribution in [-0.4, -0.2) is 24.7 Å². The summed E-state index contributed by atoms with van der Waals surface area (Å²) in [5.41, 5.74) is 1.71. The number of ether oxygens (including phenoxy) is 2. The number of benzene rings is 2. The molecule has 26 heavy (non-hydrogen) atoms. The third kappa shape index (κ3) is 5.62. The zero-order valence-electron chi connectivity index (χ0n) is 15.2. The predicted octanol–water partition coefficient (Wildman–Crippen LogP) is 4.04. The third-order valence-corrected chi connectivity index (χ3v) is 4.06. The van der Waals surface area contributed by atoms with Gasteiger partial charge in [-0.3, -0.25) is 4.79 Å². The molecule has 5 heteroatoms. The van der Waals surface area contributed by atoms with Gasteiger partial charge in [0.2, 0.25) is 0 Å². The van der Waals surface area contributed by atoms with E-state index in [0.717, 1.165) is 11.1 Å². The average Bonchev–Trinajstić information content (AvgIpc) is 2.67. The van der Waals surface area contributed by atoms with Gasteiger partial charge < -0.3 is 14.8 Å². The second kappa shape index (κ2) is 10.2. The molecule has 2 atom stereocenters. The van der Waals surface area contributed by atoms with E-state index in [0.29, 0.717) is 6.42 Å². The van der Waals surface area contributed by atoms with Crippen LogP contribution in [0.15, 0.2) is 60.7 Å². The number of hydrogen-bond donors (Lipinski definition) is 1. The van der Waals surface area contributed by atoms with Crippen LogP contribution < -0.4 is 5.32 Å². The Morgan fingerprint density at radius 2 is 1.54 bits per heavy atom. The summed E-state index contributed by atoms with van der Waals surface area (Å²) in [5, 5.41) is 2.81. The highest BCUT2D eigenvalue weighted by molar-refractivity contribution is 5.80. The molecule has 1 amide bonds. The summed E-state index contributed by atoms with van der Waals surface area (Å²) in [6.07, 6.45) is 0.0182. The van der Waals surface area contributed by atoms with E-state index in [1.807, 2.05) is 67.6 Å². The minimum atomic E-state index is -0.578. The van der Waals surface area contributed by atoms with E-state index in [2.05, 4.69) is 5.32 Å². The molecule has 0 bridgehead atoms. The Kier molecular flexibility index (Phi) is 7.68. The zero-order chi connectivity index (χ0) is 18.8. The SMILES string of the molecule is CCOC(=O)[C@@H](c1ccccc1)[C@@H](CC)NC(=O)OCc1ccccc1. The molecule has 0 unspecified atom stereocenters. The zero-order valence-corrected chi connectivity index (χ0v) is 15.2. The molecule has 5 nitrogen and oxygen atoms in total. The fourth-order valence-corrected chi connectivity index (χ4v) is 2.76. The Morgan fingerprint density at radius 3 is 2.12 bits per heavy atom. The van der Waals surface area contributed by atoms with E-state index < -0.39 is 18.1 Å². The van der Waals surface area contributed by atoms with Gasteiger partial charge in [-0.15, -0.1) is 0 Å². The van der Waals surface area contributed by atoms with Crippen molar-refractivity contribution in [3.63, 3.8) is 0 Å². The standard InChI is InChI=1S/C21H25NO4/c1-3-18(22-21(24)26-15-16-11-7-5-8-12-16)19(20(23)25-4-2)17-13-9-6-10-14-17/h5-14,18-19H,3-4,15H2,1-2H3,(H,22,24)/t18-,19+/m1/s1. The van der Waals surface area contributed by atoms with Gasteiger partial charge >= 0.3 is 12.1 Å². The lowest BCUT2D eigenvalue weighted by Gasteiger charge is -2.25. The Morgan fingerprint density at radius 1 is 0.923 bits per heavy atom. The highest BCUT2D eigenvalue weighted by Crippen LogP contribution is 2.24. The first-order valence-electron chi connectivity index (χ1n) is 8.84. The van der Waals surface area contributed by atoms with Gasteiger partial charge in [0.25, 0.3) is 0 Å². The quantitative estimate of drug-likeness (QED) is 0.726. The molecular weight excluding hydrogens is 330 g/mol. The molecule has 0 radical (unpaired) electrons. The first-order chi connectivity index (χ1) is 12.7. The topological polar surface area (TPSA) is 64.6 Å². The van der Waals surface area contributed by atoms with Gasteiger partial charge in [-0.25, -0.2) is 4.79 Å². The monoisotopic (exact) mass is 355 g/mol. The molecule has 0 aliphatic carbocycles. The molecule has 0 saturated carbocycles. The molecule has 1 N–H and O–H groups in total. The van der Waals surface area contributed by atoms with Crippen molar-refractivity contribution in [2.45, 2.75) is 38.8 Å². The number of carbonyl (C=O) groups is 2. The molecule has 0 aliphatic heterocycles. The predicted molar refractivity (Wildman–Crippen MR) is 99.7 cm³/mol. The molecule has 2 aromatic carbocycles. The summed E-state index contributed by atoms with van der Waals surface area (Å²) < 4.78 is 10.5. The van der Waals surface area contributed by atoms with Gasteiger partial charge in [0.1, 0.15) is 12.5 Å². The van der Waals surface area contributed by atoms with Crippen molar-refractivity contribution in [2.75, 3.05) is 6.61 Å². The Hall–Kier alpha value is -2.82. The number of amides is 1. The van der Waals surface area contributed by atoms with Crippen molar-refractivity contribution < 1.29 is 19.1 Å². The summed E-state index contributed by atoms with van der Waals surface area (Å²) >= 11 is 0. The molecule has 0 heterocycles. The van der Waals surface area contributed by atoms with Crippen LogP contribution in [0.3, 0.4) is 0 Å². The number of carbonyl (C=O) groups excluding carboxylic acids is 2. The normalized spacial score (nSPS) is 12.7. The third-order valence-electron chi connectivity index (χ3n) is 4.06. The highest BCUT2D eigenvalue weighted by atomic mass is 16.5. The summed E-state index contributed by atoms with van der Waals surface area (Å²) in [7, 11) is 0. The largest absolute Gasteiger partial charge is 0.465 e. The highest BCUT2D eigenvalue weighted by Gasteiger charge is 2.31. The number of hydrogen-bond acceptors (Lipinski definition) is 4. The van der Waals surface area contributed by atoms with Crippen molar-refractivity contribution >= 4 is 12.1 Å². The maximum Gasteiger partial charge on any atom is 0.407 e. The molecule has 138 valence electrons. The summed E-state index contributed by atoms with van der Waals surface area (Å²) in [6, 6.07) is 18.4. The first-order valence-corrected chi connectivity index (χ1v) is 8.84. The summed E-state index contributed by atoms with van der Waals surface area (Å²) in [4.78, 5) is 24.7. The van der Waals surface area contributed by atoms with Crippen molar-refractivity contribution in [3.8, 4) is 0 Å². The van der Waals surface area contributed by atoms with Crippen LogP contribution in [0.2, 0.25) is 0 Å². The maximum absolute atomic E-state index is 12.5. The molecule has 0 aliphatic rings. The van der Waals surface area contributed by atoms with E-state index in [-0.39, 0.29) is 19.2 Å². The molecule has 0 aromatic heterocycles. The van der Waals surface area contributed by atoms with Crippen LogP contribution in [0, 0.1) is 0 Å². The van der Waals surface area contributed by atoms with Crippen LogP contribution >= 0.6 is 0 Å². The van der Waals surface area contributed by atoms with Crippen molar-refractivity contribution in [1.82, 2.24) is 5.32 Å². The molecule has 0 saturated heterocycles. The maximum atomic E-state index is 12.5. The van der Waals surface area contributed by atoms with Crippen molar-refractivity contribution in [1.29, 1.82) is 0 Å². The Balaban J connectivity index is 2.06. The minimum absolute atomic E-state index is 0.179. The average molecular weight is 355 g/mol. The van der Waals surface area contributed by atoms with Gasteiger partial charge in [0, 0.05) is 6.04 Å². The lowest BCUT2D eigenvalue weighted by Crippen LogP contribution is -2.42. The van der Waals surface area contributed by atoms with Crippen LogP contribution in [0.4, 0.5) is 4.79 Å². The van der Waals surface area contributed by atoms with Gasteiger partial charge in [-0.1, -0.05) is 67.6 Å². The van der Waals surface area contributed by atoms with E-state index in [1.54, 1.807) is 6.92 Å². The molecule has 2 aromatic rings. The molecular formula is C21H25NO4. The second-order valence-corrected chi connectivity index (χ2v) is 5.86. The smallest absolute Gasteiger partial charge is 0.407 e. The minimum Gasteiger partial charge on any atom is -0.465 e. The number of alkyl carbamates (subject to hydrolysis) is 1. The van der Waals surface area contributed by atoms with Gasteiger partial charge in [-0.2, -0.15) is 0 Å². The van der Waals surface area contributed by atoms with Crippen LogP contribution in [0.5, 0.6) is 0 Å². The first kappa shape index (κ1) is 19.5. The van der Waals surface area contributed by atoms with E-state index in [9.17, 15) is 9.59 Å². The van der Waals surface area contributed by atoms with E-state index in [4.69, 9.17) is 9.47 Å². The van der Waals surface area contributed by atoms with Crippen molar-refractivity contribution in [2.24, 2.45) is 0 Å². The summed E-state index contributed by atoms with van der Waals surface area (Å²) in [6.45, 7) is 4.15. The fraction of sp³-hybridized carbons (Fsp3) is 0.333. The van der Waals surface area contributed by atoms with E-state index >= 15 is 0 Å². The summed E-state index contributed by atoms with van der Waals surface area (Å²) in [5.74, 6) is -0.931. The fourth-order valence-electron chi connectivity index (χ4n) is 2.76.